The molecule has 4 rings (SSSR count). The van der Waals surface area contributed by atoms with Crippen LogP contribution in [0.15, 0.2) is 55.1 Å². The third-order valence-electron chi connectivity index (χ3n) is 5.62. The zero-order valence-corrected chi connectivity index (χ0v) is 17.6. The van der Waals surface area contributed by atoms with Gasteiger partial charge in [-0.15, -0.1) is 0 Å². The number of aryl methyl sites for hydroxylation is 1. The quantitative estimate of drug-likeness (QED) is 0.697. The number of nitrogens with one attached hydrogen (secondary N) is 1. The van der Waals surface area contributed by atoms with E-state index >= 15 is 0 Å². The van der Waals surface area contributed by atoms with Crippen molar-refractivity contribution in [3.05, 3.63) is 55.1 Å². The van der Waals surface area contributed by atoms with E-state index in [1.54, 1.807) is 0 Å². The van der Waals surface area contributed by atoms with Crippen LogP contribution in [0, 0.1) is 0 Å². The predicted octanol–water partition coefficient (Wildman–Crippen LogP) is 3.59. The normalized spacial score (nSPS) is 15.9. The van der Waals surface area contributed by atoms with Gasteiger partial charge in [0.25, 0.3) is 0 Å². The Hall–Kier alpha value is -2.70. The van der Waals surface area contributed by atoms with E-state index in [9.17, 15) is 0 Å². The molecule has 0 bridgehead atoms. The molecule has 6 nitrogen and oxygen atoms in total. The number of aromatic nitrogens is 3. The molecule has 3 heterocycles. The van der Waals surface area contributed by atoms with Crippen LogP contribution in [0.2, 0.25) is 0 Å². The van der Waals surface area contributed by atoms with Gasteiger partial charge < -0.3 is 5.32 Å². The first-order valence-corrected chi connectivity index (χ1v) is 10.3. The van der Waals surface area contributed by atoms with E-state index in [1.165, 1.54) is 0 Å². The molecule has 0 spiro atoms. The van der Waals surface area contributed by atoms with Gasteiger partial charge in [-0.3, -0.25) is 14.5 Å². The Morgan fingerprint density at radius 2 is 1.86 bits per heavy atom. The second kappa shape index (κ2) is 8.35. The van der Waals surface area contributed by atoms with E-state index in [0.717, 1.165) is 66.1 Å². The van der Waals surface area contributed by atoms with Gasteiger partial charge in [0.15, 0.2) is 0 Å². The third-order valence-corrected chi connectivity index (χ3v) is 5.62. The van der Waals surface area contributed by atoms with E-state index in [2.05, 4.69) is 69.9 Å². The molecule has 0 unspecified atom stereocenters. The number of anilines is 1. The van der Waals surface area contributed by atoms with E-state index in [-0.39, 0.29) is 0 Å². The Morgan fingerprint density at radius 1 is 1.07 bits per heavy atom. The van der Waals surface area contributed by atoms with Gasteiger partial charge in [0.05, 0.1) is 6.20 Å². The summed E-state index contributed by atoms with van der Waals surface area (Å²) in [5, 5.41) is 9.95. The Morgan fingerprint density at radius 3 is 2.55 bits per heavy atom. The molecule has 3 aromatic rings. The highest BCUT2D eigenvalue weighted by Crippen LogP contribution is 2.25. The van der Waals surface area contributed by atoms with Crippen LogP contribution in [0.4, 0.5) is 5.82 Å². The topological polar surface area (TPSA) is 49.2 Å². The summed E-state index contributed by atoms with van der Waals surface area (Å²) in [6.07, 6.45) is 5.84. The standard InChI is InChI=1S/C23H30N6/c1-17(2)29-9-7-28(8-10-29)15-18(3)26-23-12-21-11-19(5-6-20(21)13-24-23)22-14-25-27(4)16-22/h5-6,11-14,16-17H,3,7-10,15H2,1-2,4H3,(H,24,26). The summed E-state index contributed by atoms with van der Waals surface area (Å²) >= 11 is 0. The maximum Gasteiger partial charge on any atom is 0.130 e. The predicted molar refractivity (Wildman–Crippen MR) is 120 cm³/mol. The van der Waals surface area contributed by atoms with Gasteiger partial charge >= 0.3 is 0 Å². The molecule has 0 amide bonds. The minimum absolute atomic E-state index is 0.622. The van der Waals surface area contributed by atoms with Crippen molar-refractivity contribution in [2.45, 2.75) is 19.9 Å². The number of piperazine rings is 1. The Labute approximate surface area is 172 Å². The minimum atomic E-state index is 0.622. The summed E-state index contributed by atoms with van der Waals surface area (Å²) in [5.41, 5.74) is 3.26. The van der Waals surface area contributed by atoms with E-state index in [0.29, 0.717) is 6.04 Å². The lowest BCUT2D eigenvalue weighted by Crippen LogP contribution is -2.49. The molecule has 29 heavy (non-hydrogen) atoms. The summed E-state index contributed by atoms with van der Waals surface area (Å²) in [6, 6.07) is 9.13. The van der Waals surface area contributed by atoms with Crippen LogP contribution in [0.5, 0.6) is 0 Å². The first kappa shape index (κ1) is 19.6. The smallest absolute Gasteiger partial charge is 0.130 e. The van der Waals surface area contributed by atoms with Crippen molar-refractivity contribution in [3.8, 4) is 11.1 Å². The van der Waals surface area contributed by atoms with Crippen LogP contribution in [-0.4, -0.2) is 63.3 Å². The number of nitrogens with zero attached hydrogens (tertiary/aromatic N) is 5. The third kappa shape index (κ3) is 4.66. The average Bonchev–Trinajstić information content (AvgIpc) is 3.14. The fourth-order valence-electron chi connectivity index (χ4n) is 3.89. The van der Waals surface area contributed by atoms with Crippen molar-refractivity contribution in [1.82, 2.24) is 24.6 Å². The van der Waals surface area contributed by atoms with Crippen LogP contribution in [0.25, 0.3) is 21.9 Å². The van der Waals surface area contributed by atoms with Crippen molar-refractivity contribution in [2.75, 3.05) is 38.0 Å². The lowest BCUT2D eigenvalue weighted by Gasteiger charge is -2.37. The summed E-state index contributed by atoms with van der Waals surface area (Å²) in [5.74, 6) is 0.839. The molecular weight excluding hydrogens is 360 g/mol. The molecule has 152 valence electrons. The fraction of sp³-hybridized carbons (Fsp3) is 0.391. The maximum absolute atomic E-state index is 4.57. The van der Waals surface area contributed by atoms with Gasteiger partial charge in [-0.1, -0.05) is 18.7 Å². The van der Waals surface area contributed by atoms with Crippen LogP contribution in [-0.2, 0) is 7.05 Å². The number of hydrogen-bond donors (Lipinski definition) is 1. The Bertz CT molecular complexity index is 998. The van der Waals surface area contributed by atoms with Crippen molar-refractivity contribution in [3.63, 3.8) is 0 Å². The lowest BCUT2D eigenvalue weighted by atomic mass is 10.1. The number of rotatable bonds is 6. The molecule has 1 saturated heterocycles. The van der Waals surface area contributed by atoms with Gasteiger partial charge in [0, 0.05) is 74.9 Å². The molecule has 0 atom stereocenters. The van der Waals surface area contributed by atoms with Crippen LogP contribution >= 0.6 is 0 Å². The minimum Gasteiger partial charge on any atom is -0.343 e. The molecular formula is C23H30N6. The van der Waals surface area contributed by atoms with Crippen molar-refractivity contribution >= 4 is 16.6 Å². The number of hydrogen-bond acceptors (Lipinski definition) is 5. The molecule has 1 aromatic carbocycles. The van der Waals surface area contributed by atoms with Gasteiger partial charge in [0.2, 0.25) is 0 Å². The van der Waals surface area contributed by atoms with Gasteiger partial charge in [-0.2, -0.15) is 5.10 Å². The molecule has 1 N–H and O–H groups in total. The van der Waals surface area contributed by atoms with Crippen LogP contribution in [0.3, 0.4) is 0 Å². The summed E-state index contributed by atoms with van der Waals surface area (Å²) in [6.45, 7) is 14.0. The zero-order valence-electron chi connectivity index (χ0n) is 17.6. The molecule has 0 aliphatic carbocycles. The maximum atomic E-state index is 4.57. The molecule has 0 radical (unpaired) electrons. The van der Waals surface area contributed by atoms with Gasteiger partial charge in [0.1, 0.15) is 5.82 Å². The second-order valence-corrected chi connectivity index (χ2v) is 8.17. The highest BCUT2D eigenvalue weighted by atomic mass is 15.3. The Kier molecular flexibility index (Phi) is 5.65. The molecule has 2 aromatic heterocycles. The summed E-state index contributed by atoms with van der Waals surface area (Å²) in [7, 11) is 1.94. The van der Waals surface area contributed by atoms with Gasteiger partial charge in [-0.05, 0) is 36.9 Å². The monoisotopic (exact) mass is 390 g/mol. The second-order valence-electron chi connectivity index (χ2n) is 8.17. The number of benzene rings is 1. The number of fused-ring (bicyclic) bond motifs is 1. The van der Waals surface area contributed by atoms with E-state index in [4.69, 9.17) is 0 Å². The first-order valence-electron chi connectivity index (χ1n) is 10.3. The SMILES string of the molecule is C=C(CN1CCN(C(C)C)CC1)Nc1cc2cc(-c3cnn(C)c3)ccc2cn1. The number of pyridine rings is 1. The summed E-state index contributed by atoms with van der Waals surface area (Å²) in [4.78, 5) is 9.55. The van der Waals surface area contributed by atoms with Crippen molar-refractivity contribution in [1.29, 1.82) is 0 Å². The van der Waals surface area contributed by atoms with Crippen LogP contribution in [0.1, 0.15) is 13.8 Å². The molecule has 1 aliphatic heterocycles. The van der Waals surface area contributed by atoms with Crippen molar-refractivity contribution in [2.24, 2.45) is 7.05 Å². The average molecular weight is 391 g/mol. The molecule has 1 fully saturated rings. The van der Waals surface area contributed by atoms with Gasteiger partial charge in [-0.25, -0.2) is 4.98 Å². The largest absolute Gasteiger partial charge is 0.343 e. The lowest BCUT2D eigenvalue weighted by molar-refractivity contribution is 0.115. The molecule has 1 aliphatic rings. The Balaban J connectivity index is 1.42. The van der Waals surface area contributed by atoms with E-state index < -0.39 is 0 Å². The van der Waals surface area contributed by atoms with Crippen LogP contribution < -0.4 is 5.32 Å². The van der Waals surface area contributed by atoms with Crippen molar-refractivity contribution < 1.29 is 0 Å². The zero-order chi connectivity index (χ0) is 20.4. The fourth-order valence-corrected chi connectivity index (χ4v) is 3.89. The van der Waals surface area contributed by atoms with E-state index in [1.807, 2.05) is 30.3 Å². The highest BCUT2D eigenvalue weighted by molar-refractivity contribution is 5.88. The first-order chi connectivity index (χ1) is 14.0. The highest BCUT2D eigenvalue weighted by Gasteiger charge is 2.19. The summed E-state index contributed by atoms with van der Waals surface area (Å²) < 4.78 is 1.82. The molecule has 0 saturated carbocycles. The molecule has 6 heteroatoms.